The maximum atomic E-state index is 12.5. The third kappa shape index (κ3) is 5.27. The summed E-state index contributed by atoms with van der Waals surface area (Å²) in [4.78, 5) is 0. The lowest BCUT2D eigenvalue weighted by molar-refractivity contribution is 0.155. The highest BCUT2D eigenvalue weighted by molar-refractivity contribution is 7.84. The molecule has 3 atom stereocenters. The van der Waals surface area contributed by atoms with E-state index < -0.39 is 17.1 Å². The van der Waals surface area contributed by atoms with Crippen LogP contribution in [0.1, 0.15) is 50.5 Å². The second kappa shape index (κ2) is 7.86. The van der Waals surface area contributed by atoms with Crippen LogP contribution in [0.5, 0.6) is 0 Å². The maximum Gasteiger partial charge on any atom is 0.0975 e. The maximum absolute atomic E-state index is 12.5. The molecule has 23 heavy (non-hydrogen) atoms. The summed E-state index contributed by atoms with van der Waals surface area (Å²) in [6, 6.07) is 19.3. The molecule has 0 aliphatic heterocycles. The third-order valence-corrected chi connectivity index (χ3v) is 5.26. The Labute approximate surface area is 141 Å². The van der Waals surface area contributed by atoms with Crippen LogP contribution in [-0.4, -0.2) is 14.1 Å². The Morgan fingerprint density at radius 1 is 0.957 bits per heavy atom. The van der Waals surface area contributed by atoms with Crippen LogP contribution in [-0.2, 0) is 11.0 Å². The van der Waals surface area contributed by atoms with Gasteiger partial charge in [0.25, 0.3) is 0 Å². The van der Waals surface area contributed by atoms with Crippen LogP contribution in [0.2, 0.25) is 0 Å². The lowest BCUT2D eigenvalue weighted by Gasteiger charge is -2.26. The van der Waals surface area contributed by atoms with Gasteiger partial charge in [-0.2, -0.15) is 0 Å². The first-order valence-corrected chi connectivity index (χ1v) is 8.99. The van der Waals surface area contributed by atoms with Crippen molar-refractivity contribution < 1.29 is 9.32 Å². The number of benzene rings is 2. The van der Waals surface area contributed by atoms with E-state index in [2.05, 4.69) is 4.72 Å². The summed E-state index contributed by atoms with van der Waals surface area (Å²) in [5, 5.41) is 10.5. The molecule has 0 saturated heterocycles. The highest BCUT2D eigenvalue weighted by Gasteiger charge is 2.25. The van der Waals surface area contributed by atoms with E-state index >= 15 is 0 Å². The van der Waals surface area contributed by atoms with Gasteiger partial charge in [0, 0.05) is 6.04 Å². The van der Waals surface area contributed by atoms with Crippen molar-refractivity contribution >= 4 is 11.0 Å². The lowest BCUT2D eigenvalue weighted by Crippen LogP contribution is -2.36. The van der Waals surface area contributed by atoms with Gasteiger partial charge in [0.15, 0.2) is 0 Å². The molecule has 2 rings (SSSR count). The topological polar surface area (TPSA) is 49.3 Å². The van der Waals surface area contributed by atoms with Crippen molar-refractivity contribution in [1.82, 2.24) is 4.72 Å². The molecular formula is C19H25NO2S. The first kappa shape index (κ1) is 17.9. The van der Waals surface area contributed by atoms with Crippen molar-refractivity contribution in [3.05, 3.63) is 71.8 Å². The van der Waals surface area contributed by atoms with Crippen molar-refractivity contribution in [3.8, 4) is 0 Å². The molecule has 0 bridgehead atoms. The SMILES string of the molecule is CC(C)(C)[S@](=O)N[C@H](C[C@H](O)c1ccccc1)c1ccccc1. The normalized spacial score (nSPS) is 15.8. The summed E-state index contributed by atoms with van der Waals surface area (Å²) in [6.07, 6.45) is -0.138. The van der Waals surface area contributed by atoms with Gasteiger partial charge in [-0.3, -0.25) is 0 Å². The Morgan fingerprint density at radius 2 is 1.43 bits per heavy atom. The number of hydrogen-bond acceptors (Lipinski definition) is 2. The van der Waals surface area contributed by atoms with Gasteiger partial charge in [0.05, 0.1) is 21.8 Å². The highest BCUT2D eigenvalue weighted by Crippen LogP contribution is 2.27. The Morgan fingerprint density at radius 3 is 1.91 bits per heavy atom. The lowest BCUT2D eigenvalue weighted by atomic mass is 9.97. The molecule has 0 saturated carbocycles. The number of hydrogen-bond donors (Lipinski definition) is 2. The average molecular weight is 331 g/mol. The number of rotatable bonds is 6. The van der Waals surface area contributed by atoms with Gasteiger partial charge in [0.2, 0.25) is 0 Å². The van der Waals surface area contributed by atoms with E-state index in [1.807, 2.05) is 81.4 Å². The van der Waals surface area contributed by atoms with Gasteiger partial charge in [0.1, 0.15) is 0 Å². The Bertz CT molecular complexity index is 623. The second-order valence-electron chi connectivity index (χ2n) is 6.62. The Kier molecular flexibility index (Phi) is 6.10. The molecule has 2 aromatic rings. The van der Waals surface area contributed by atoms with E-state index in [9.17, 15) is 9.32 Å². The molecule has 4 heteroatoms. The monoisotopic (exact) mass is 331 g/mol. The van der Waals surface area contributed by atoms with Crippen molar-refractivity contribution in [2.24, 2.45) is 0 Å². The van der Waals surface area contributed by atoms with Gasteiger partial charge in [-0.05, 0) is 38.3 Å². The molecule has 0 fully saturated rings. The predicted molar refractivity (Wildman–Crippen MR) is 96.2 cm³/mol. The van der Waals surface area contributed by atoms with E-state index in [0.717, 1.165) is 11.1 Å². The zero-order valence-corrected chi connectivity index (χ0v) is 14.7. The molecule has 0 radical (unpaired) electrons. The Hall–Kier alpha value is -1.49. The summed E-state index contributed by atoms with van der Waals surface area (Å²) in [7, 11) is -1.20. The Balaban J connectivity index is 2.19. The minimum absolute atomic E-state index is 0.175. The van der Waals surface area contributed by atoms with E-state index in [1.54, 1.807) is 0 Å². The van der Waals surface area contributed by atoms with Crippen molar-refractivity contribution in [1.29, 1.82) is 0 Å². The molecule has 2 N–H and O–H groups in total. The van der Waals surface area contributed by atoms with Gasteiger partial charge >= 0.3 is 0 Å². The molecule has 0 heterocycles. The molecule has 0 aliphatic rings. The molecular weight excluding hydrogens is 306 g/mol. The van der Waals surface area contributed by atoms with E-state index in [4.69, 9.17) is 0 Å². The smallest absolute Gasteiger partial charge is 0.0975 e. The molecule has 0 spiro atoms. The average Bonchev–Trinajstić information content (AvgIpc) is 2.55. The largest absolute Gasteiger partial charge is 0.388 e. The van der Waals surface area contributed by atoms with E-state index in [0.29, 0.717) is 6.42 Å². The first-order valence-electron chi connectivity index (χ1n) is 7.84. The van der Waals surface area contributed by atoms with Crippen LogP contribution >= 0.6 is 0 Å². The molecule has 0 aromatic heterocycles. The fraction of sp³-hybridized carbons (Fsp3) is 0.368. The summed E-state index contributed by atoms with van der Waals surface area (Å²) in [5.74, 6) is 0. The standard InChI is InChI=1S/C19H25NO2S/c1-19(2,3)23(22)20-17(15-10-6-4-7-11-15)14-18(21)16-12-8-5-9-13-16/h4-13,17-18,20-21H,14H2,1-3H3/t17-,18+,23+/m1/s1. The van der Waals surface area contributed by atoms with E-state index in [1.165, 1.54) is 0 Å². The molecule has 0 aliphatic carbocycles. The number of aliphatic hydroxyl groups excluding tert-OH is 1. The molecule has 2 aromatic carbocycles. The summed E-state index contributed by atoms with van der Waals surface area (Å²) in [5.41, 5.74) is 1.90. The predicted octanol–water partition coefficient (Wildman–Crippen LogP) is 3.90. The van der Waals surface area contributed by atoms with Crippen molar-refractivity contribution in [2.75, 3.05) is 0 Å². The zero-order chi connectivity index (χ0) is 16.9. The fourth-order valence-electron chi connectivity index (χ4n) is 2.28. The van der Waals surface area contributed by atoms with Crippen LogP contribution in [0.15, 0.2) is 60.7 Å². The highest BCUT2D eigenvalue weighted by atomic mass is 32.2. The van der Waals surface area contributed by atoms with Crippen LogP contribution < -0.4 is 4.72 Å². The minimum atomic E-state index is -1.20. The molecule has 0 unspecified atom stereocenters. The van der Waals surface area contributed by atoms with Gasteiger partial charge in [-0.15, -0.1) is 0 Å². The summed E-state index contributed by atoms with van der Waals surface area (Å²) >= 11 is 0. The number of aliphatic hydroxyl groups is 1. The van der Waals surface area contributed by atoms with Gasteiger partial charge < -0.3 is 5.11 Å². The van der Waals surface area contributed by atoms with Crippen LogP contribution in [0.3, 0.4) is 0 Å². The number of nitrogens with one attached hydrogen (secondary N) is 1. The molecule has 0 amide bonds. The molecule has 124 valence electrons. The summed E-state index contributed by atoms with van der Waals surface area (Å²) < 4.78 is 15.3. The van der Waals surface area contributed by atoms with Crippen LogP contribution in [0.25, 0.3) is 0 Å². The fourth-order valence-corrected chi connectivity index (χ4v) is 3.12. The van der Waals surface area contributed by atoms with Gasteiger partial charge in [-0.1, -0.05) is 60.7 Å². The zero-order valence-electron chi connectivity index (χ0n) is 13.9. The van der Waals surface area contributed by atoms with Crippen LogP contribution in [0.4, 0.5) is 0 Å². The summed E-state index contributed by atoms with van der Waals surface area (Å²) in [6.45, 7) is 5.81. The van der Waals surface area contributed by atoms with Crippen LogP contribution in [0, 0.1) is 0 Å². The first-order chi connectivity index (χ1) is 10.9. The second-order valence-corrected chi connectivity index (χ2v) is 8.62. The van der Waals surface area contributed by atoms with E-state index in [-0.39, 0.29) is 10.8 Å². The minimum Gasteiger partial charge on any atom is -0.388 e. The van der Waals surface area contributed by atoms with Gasteiger partial charge in [-0.25, -0.2) is 8.93 Å². The van der Waals surface area contributed by atoms with Crippen molar-refractivity contribution in [2.45, 2.75) is 44.1 Å². The third-order valence-electron chi connectivity index (χ3n) is 3.65. The molecule has 3 nitrogen and oxygen atoms in total. The quantitative estimate of drug-likeness (QED) is 0.843. The van der Waals surface area contributed by atoms with Crippen molar-refractivity contribution in [3.63, 3.8) is 0 Å².